The maximum atomic E-state index is 13.5. The summed E-state index contributed by atoms with van der Waals surface area (Å²) in [5.74, 6) is 0. The van der Waals surface area contributed by atoms with Gasteiger partial charge in [-0.05, 0) is 42.0 Å². The molecule has 166 valence electrons. The summed E-state index contributed by atoms with van der Waals surface area (Å²) in [5.41, 5.74) is 1.19. The van der Waals surface area contributed by atoms with Gasteiger partial charge in [0, 0.05) is 35.5 Å². The lowest BCUT2D eigenvalue weighted by Gasteiger charge is -2.19. The molecular weight excluding hydrogens is 423 g/mol. The number of benzene rings is 1. The monoisotopic (exact) mass is 449 g/mol. The van der Waals surface area contributed by atoms with Gasteiger partial charge in [0.2, 0.25) is 0 Å². The Bertz CT molecular complexity index is 1130. The maximum Gasteiger partial charge on any atom is 0.417 e. The first-order chi connectivity index (χ1) is 14.5. The first-order valence-corrected chi connectivity index (χ1v) is 11.5. The Morgan fingerprint density at radius 3 is 2.48 bits per heavy atom. The lowest BCUT2D eigenvalue weighted by molar-refractivity contribution is -0.137. The van der Waals surface area contributed by atoms with Crippen LogP contribution in [0.15, 0.2) is 42.6 Å². The largest absolute Gasteiger partial charge is 0.417 e. The van der Waals surface area contributed by atoms with E-state index in [1.54, 1.807) is 12.1 Å². The van der Waals surface area contributed by atoms with Gasteiger partial charge in [0.15, 0.2) is 0 Å². The Morgan fingerprint density at radius 1 is 1.13 bits per heavy atom. The predicted molar refractivity (Wildman–Crippen MR) is 118 cm³/mol. The van der Waals surface area contributed by atoms with E-state index in [-0.39, 0.29) is 21.9 Å². The zero-order valence-corrected chi connectivity index (χ0v) is 18.6. The molecule has 0 saturated heterocycles. The van der Waals surface area contributed by atoms with Crippen molar-refractivity contribution in [2.24, 2.45) is 5.41 Å². The fraction of sp³-hybridized carbons (Fsp3) is 0.435. The summed E-state index contributed by atoms with van der Waals surface area (Å²) < 4.78 is 57.9. The lowest BCUT2D eigenvalue weighted by Crippen LogP contribution is -2.19. The van der Waals surface area contributed by atoms with Crippen LogP contribution < -0.4 is 4.72 Å². The highest BCUT2D eigenvalue weighted by Crippen LogP contribution is 2.37. The molecule has 2 aromatic heterocycles. The Morgan fingerprint density at radius 2 is 1.84 bits per heavy atom. The number of rotatable bonds is 6. The summed E-state index contributed by atoms with van der Waals surface area (Å²) in [6.07, 6.45) is -0.522. The van der Waals surface area contributed by atoms with Gasteiger partial charge < -0.3 is 4.57 Å². The third kappa shape index (κ3) is 5.01. The molecule has 0 amide bonds. The molecule has 1 fully saturated rings. The third-order valence-electron chi connectivity index (χ3n) is 5.19. The van der Waals surface area contributed by atoms with Crippen molar-refractivity contribution in [3.05, 3.63) is 53.7 Å². The van der Waals surface area contributed by atoms with E-state index in [4.69, 9.17) is 0 Å². The summed E-state index contributed by atoms with van der Waals surface area (Å²) in [7, 11) is -1.07. The second-order valence-corrected chi connectivity index (χ2v) is 10.8. The highest BCUT2D eigenvalue weighted by atomic mass is 32.2. The molecule has 31 heavy (non-hydrogen) atoms. The van der Waals surface area contributed by atoms with E-state index in [2.05, 4.69) is 30.5 Å². The van der Waals surface area contributed by atoms with Gasteiger partial charge in [0.25, 0.3) is 0 Å². The molecule has 1 aliphatic rings. The molecule has 0 aliphatic heterocycles. The van der Waals surface area contributed by atoms with Crippen molar-refractivity contribution < 1.29 is 17.4 Å². The fourth-order valence-corrected chi connectivity index (χ4v) is 4.76. The standard InChI is InChI=1S/C23H26F3N3OS/c1-22(2,3)14-29-13-15(12-27-31(30)16-8-9-16)17-10-11-20(28-21(17)29)18-6-4-5-7-19(18)23(24,25)26/h4-7,10-11,13,16,27H,8-9,12,14H2,1-3H3. The van der Waals surface area contributed by atoms with Crippen LogP contribution in [0.5, 0.6) is 0 Å². The summed E-state index contributed by atoms with van der Waals surface area (Å²) in [6.45, 7) is 7.38. The fourth-order valence-electron chi connectivity index (χ4n) is 3.66. The van der Waals surface area contributed by atoms with Crippen molar-refractivity contribution in [1.82, 2.24) is 14.3 Å². The van der Waals surface area contributed by atoms with E-state index in [0.717, 1.165) is 29.9 Å². The Balaban J connectivity index is 1.77. The number of hydrogen-bond acceptors (Lipinski definition) is 2. The van der Waals surface area contributed by atoms with Gasteiger partial charge in [-0.1, -0.05) is 39.0 Å². The average Bonchev–Trinajstić information content (AvgIpc) is 3.49. The predicted octanol–water partition coefficient (Wildman–Crippen LogP) is 5.68. The van der Waals surface area contributed by atoms with Gasteiger partial charge in [0.1, 0.15) is 5.65 Å². The zero-order valence-electron chi connectivity index (χ0n) is 17.8. The summed E-state index contributed by atoms with van der Waals surface area (Å²) in [5, 5.41) is 1.09. The van der Waals surface area contributed by atoms with E-state index in [1.165, 1.54) is 12.1 Å². The Labute approximate surface area is 182 Å². The van der Waals surface area contributed by atoms with Crippen molar-refractivity contribution in [2.75, 3.05) is 0 Å². The van der Waals surface area contributed by atoms with E-state index in [9.17, 15) is 17.4 Å². The molecule has 1 N–H and O–H groups in total. The highest BCUT2D eigenvalue weighted by Gasteiger charge is 2.34. The number of pyridine rings is 1. The topological polar surface area (TPSA) is 46.9 Å². The smallest absolute Gasteiger partial charge is 0.332 e. The van der Waals surface area contributed by atoms with Crippen molar-refractivity contribution in [3.63, 3.8) is 0 Å². The molecule has 2 heterocycles. The number of hydrogen-bond donors (Lipinski definition) is 1. The molecule has 0 radical (unpaired) electrons. The number of alkyl halides is 3. The van der Waals surface area contributed by atoms with E-state index in [0.29, 0.717) is 18.7 Å². The normalized spacial score (nSPS) is 16.1. The van der Waals surface area contributed by atoms with E-state index in [1.807, 2.05) is 16.8 Å². The van der Waals surface area contributed by atoms with Gasteiger partial charge in [-0.2, -0.15) is 13.2 Å². The number of aromatic nitrogens is 2. The minimum Gasteiger partial charge on any atom is -0.332 e. The molecule has 4 nitrogen and oxygen atoms in total. The van der Waals surface area contributed by atoms with Crippen LogP contribution in [0.4, 0.5) is 13.2 Å². The number of nitrogens with one attached hydrogen (secondary N) is 1. The second-order valence-electron chi connectivity index (χ2n) is 9.27. The Hall–Kier alpha value is -2.19. The molecule has 1 aromatic carbocycles. The van der Waals surface area contributed by atoms with Crippen molar-refractivity contribution in [2.45, 2.75) is 58.1 Å². The van der Waals surface area contributed by atoms with Crippen molar-refractivity contribution in [1.29, 1.82) is 0 Å². The molecule has 8 heteroatoms. The quantitative estimate of drug-likeness (QED) is 0.526. The molecule has 1 unspecified atom stereocenters. The molecule has 1 saturated carbocycles. The molecular formula is C23H26F3N3OS. The minimum atomic E-state index is -4.46. The van der Waals surface area contributed by atoms with Crippen molar-refractivity contribution >= 4 is 22.0 Å². The van der Waals surface area contributed by atoms with Crippen LogP contribution in [0.25, 0.3) is 22.3 Å². The molecule has 1 atom stereocenters. The highest BCUT2D eigenvalue weighted by molar-refractivity contribution is 7.83. The van der Waals surface area contributed by atoms with Gasteiger partial charge >= 0.3 is 6.18 Å². The summed E-state index contributed by atoms with van der Waals surface area (Å²) in [4.78, 5) is 4.66. The van der Waals surface area contributed by atoms with Crippen LogP contribution in [0, 0.1) is 5.41 Å². The first kappa shape index (κ1) is 22.0. The first-order valence-electron chi connectivity index (χ1n) is 10.3. The van der Waals surface area contributed by atoms with Gasteiger partial charge in [0.05, 0.1) is 22.2 Å². The maximum absolute atomic E-state index is 13.5. The summed E-state index contributed by atoms with van der Waals surface area (Å²) >= 11 is 0. The lowest BCUT2D eigenvalue weighted by atomic mass is 9.97. The van der Waals surface area contributed by atoms with Crippen LogP contribution in [0.2, 0.25) is 0 Å². The van der Waals surface area contributed by atoms with Crippen molar-refractivity contribution in [3.8, 4) is 11.3 Å². The van der Waals surface area contributed by atoms with Crippen LogP contribution in [0.3, 0.4) is 0 Å². The van der Waals surface area contributed by atoms with Gasteiger partial charge in [-0.25, -0.2) is 13.9 Å². The zero-order chi connectivity index (χ0) is 22.4. The minimum absolute atomic E-state index is 0.0466. The molecule has 0 bridgehead atoms. The third-order valence-corrected chi connectivity index (χ3v) is 6.70. The van der Waals surface area contributed by atoms with Crippen LogP contribution in [-0.2, 0) is 30.3 Å². The van der Waals surface area contributed by atoms with Crippen LogP contribution in [-0.4, -0.2) is 19.0 Å². The summed E-state index contributed by atoms with van der Waals surface area (Å²) in [6, 6.07) is 8.97. The van der Waals surface area contributed by atoms with Gasteiger partial charge in [-0.3, -0.25) is 0 Å². The molecule has 0 spiro atoms. The SMILES string of the molecule is CC(C)(C)Cn1cc(CNS(=O)C2CC2)c2ccc(-c3ccccc3C(F)(F)F)nc21. The van der Waals surface area contributed by atoms with Gasteiger partial charge in [-0.15, -0.1) is 0 Å². The van der Waals surface area contributed by atoms with E-state index >= 15 is 0 Å². The van der Waals surface area contributed by atoms with Crippen LogP contribution >= 0.6 is 0 Å². The van der Waals surface area contributed by atoms with E-state index < -0.39 is 22.7 Å². The molecule has 3 aromatic rings. The Kier molecular flexibility index (Phi) is 5.72. The number of halogens is 3. The molecule has 4 rings (SSSR count). The molecule has 1 aliphatic carbocycles. The second kappa shape index (κ2) is 8.06. The number of nitrogens with zero attached hydrogens (tertiary/aromatic N) is 2. The van der Waals surface area contributed by atoms with Crippen LogP contribution in [0.1, 0.15) is 44.7 Å². The average molecular weight is 450 g/mol. The number of fused-ring (bicyclic) bond motifs is 1.